The number of benzene rings is 1. The molecule has 4 fully saturated rings. The Morgan fingerprint density at radius 3 is 2.55 bits per heavy atom. The maximum Gasteiger partial charge on any atom is 0.224 e. The predicted molar refractivity (Wildman–Crippen MR) is 111 cm³/mol. The van der Waals surface area contributed by atoms with Gasteiger partial charge in [0.05, 0.1) is 18.8 Å². The number of nitrogens with zero attached hydrogens (tertiary/aromatic N) is 4. The molecule has 6 nitrogen and oxygen atoms in total. The Bertz CT molecular complexity index is 869. The van der Waals surface area contributed by atoms with Crippen LogP contribution in [-0.4, -0.2) is 64.3 Å². The lowest BCUT2D eigenvalue weighted by atomic mass is 9.75. The van der Waals surface area contributed by atoms with Gasteiger partial charge in [-0.25, -0.2) is 0 Å². The van der Waals surface area contributed by atoms with E-state index in [0.717, 1.165) is 18.0 Å². The van der Waals surface area contributed by atoms with Gasteiger partial charge in [-0.15, -0.1) is 0 Å². The highest BCUT2D eigenvalue weighted by Gasteiger charge is 2.54. The smallest absolute Gasteiger partial charge is 0.224 e. The van der Waals surface area contributed by atoms with Gasteiger partial charge < -0.3 is 9.64 Å². The van der Waals surface area contributed by atoms with Crippen molar-refractivity contribution < 1.29 is 9.53 Å². The number of aromatic nitrogens is 2. The molecular formula is C23H30N4O2. The third kappa shape index (κ3) is 3.33. The minimum absolute atomic E-state index is 0.276. The molecule has 4 aliphatic heterocycles. The number of amides is 1. The molecule has 6 heteroatoms. The molecule has 6 rings (SSSR count). The van der Waals surface area contributed by atoms with Crippen LogP contribution in [0, 0.1) is 12.8 Å². The van der Waals surface area contributed by atoms with Crippen molar-refractivity contribution in [3.05, 3.63) is 47.8 Å². The molecule has 0 saturated carbocycles. The second kappa shape index (κ2) is 7.48. The molecule has 2 bridgehead atoms. The Labute approximate surface area is 172 Å². The second-order valence-electron chi connectivity index (χ2n) is 8.75. The molecule has 0 radical (unpaired) electrons. The van der Waals surface area contributed by atoms with E-state index in [-0.39, 0.29) is 5.91 Å². The summed E-state index contributed by atoms with van der Waals surface area (Å²) in [5.41, 5.74) is 2.32. The van der Waals surface area contributed by atoms with Crippen LogP contribution in [0.3, 0.4) is 0 Å². The minimum atomic E-state index is 0.276. The fraction of sp³-hybridized carbons (Fsp3) is 0.565. The molecule has 3 atom stereocenters. The van der Waals surface area contributed by atoms with Gasteiger partial charge in [0.25, 0.3) is 0 Å². The van der Waals surface area contributed by atoms with Gasteiger partial charge >= 0.3 is 0 Å². The third-order valence-electron chi connectivity index (χ3n) is 7.19. The number of rotatable bonds is 5. The molecule has 5 heterocycles. The number of likely N-dealkylation sites (tertiary alicyclic amines) is 1. The van der Waals surface area contributed by atoms with Crippen molar-refractivity contribution in [2.75, 3.05) is 26.7 Å². The molecule has 0 unspecified atom stereocenters. The zero-order chi connectivity index (χ0) is 20.0. The number of aryl methyl sites for hydroxylation is 2. The highest BCUT2D eigenvalue weighted by atomic mass is 16.5. The molecular weight excluding hydrogens is 364 g/mol. The van der Waals surface area contributed by atoms with Gasteiger partial charge in [-0.1, -0.05) is 12.1 Å². The highest BCUT2D eigenvalue weighted by molar-refractivity contribution is 5.77. The van der Waals surface area contributed by atoms with E-state index in [9.17, 15) is 4.79 Å². The monoisotopic (exact) mass is 394 g/mol. The van der Waals surface area contributed by atoms with Crippen LogP contribution >= 0.6 is 0 Å². The quantitative estimate of drug-likeness (QED) is 0.782. The normalized spacial score (nSPS) is 30.4. The van der Waals surface area contributed by atoms with E-state index >= 15 is 0 Å². The third-order valence-corrected chi connectivity index (χ3v) is 7.19. The van der Waals surface area contributed by atoms with Crippen molar-refractivity contribution in [2.45, 2.75) is 50.7 Å². The number of carbonyl (C=O) groups is 1. The zero-order valence-corrected chi connectivity index (χ0v) is 17.3. The van der Waals surface area contributed by atoms with Gasteiger partial charge in [0.15, 0.2) is 0 Å². The number of ether oxygens (including phenoxy) is 1. The molecule has 154 valence electrons. The molecule has 1 aromatic carbocycles. The summed E-state index contributed by atoms with van der Waals surface area (Å²) in [5.74, 6) is 2.18. The van der Waals surface area contributed by atoms with Gasteiger partial charge in [0.1, 0.15) is 5.75 Å². The van der Waals surface area contributed by atoms with Crippen LogP contribution in [0.15, 0.2) is 36.5 Å². The van der Waals surface area contributed by atoms with Gasteiger partial charge in [-0.05, 0) is 62.5 Å². The Morgan fingerprint density at radius 1 is 1.14 bits per heavy atom. The summed E-state index contributed by atoms with van der Waals surface area (Å²) in [6, 6.07) is 11.3. The molecule has 2 aromatic rings. The predicted octanol–water partition coefficient (Wildman–Crippen LogP) is 2.68. The number of fused-ring (bicyclic) bond motifs is 2. The van der Waals surface area contributed by atoms with Crippen molar-refractivity contribution >= 4 is 5.91 Å². The fourth-order valence-electron chi connectivity index (χ4n) is 5.79. The van der Waals surface area contributed by atoms with Gasteiger partial charge in [-0.2, -0.15) is 5.10 Å². The summed E-state index contributed by atoms with van der Waals surface area (Å²) < 4.78 is 7.23. The maximum atomic E-state index is 13.3. The van der Waals surface area contributed by atoms with Crippen LogP contribution in [0.4, 0.5) is 0 Å². The average Bonchev–Trinajstić information content (AvgIpc) is 3.38. The number of methoxy groups -OCH3 is 1. The summed E-state index contributed by atoms with van der Waals surface area (Å²) >= 11 is 0. The van der Waals surface area contributed by atoms with Crippen LogP contribution in [0.2, 0.25) is 0 Å². The number of hydrogen-bond donors (Lipinski definition) is 0. The Morgan fingerprint density at radius 2 is 1.90 bits per heavy atom. The molecule has 29 heavy (non-hydrogen) atoms. The standard InChI is InChI=1S/C23H30N4O2/c1-16-7-13-26(24-16)14-10-21(28)27-15-20(17-3-5-19(29-2)6-4-17)23-22(27)18-8-11-25(23)12-9-18/h3-7,13,18,20,22-23H,8-12,14-15H2,1-2H3/t20-,22+,23+/m1/s1. The Hall–Kier alpha value is -2.34. The Kier molecular flexibility index (Phi) is 4.82. The molecule has 4 saturated heterocycles. The van der Waals surface area contributed by atoms with E-state index in [1.165, 1.54) is 31.5 Å². The molecule has 4 aliphatic rings. The summed E-state index contributed by atoms with van der Waals surface area (Å²) in [4.78, 5) is 18.1. The minimum Gasteiger partial charge on any atom is -0.497 e. The van der Waals surface area contributed by atoms with E-state index in [1.54, 1.807) is 7.11 Å². The average molecular weight is 395 g/mol. The molecule has 0 spiro atoms. The maximum absolute atomic E-state index is 13.3. The zero-order valence-electron chi connectivity index (χ0n) is 17.3. The largest absolute Gasteiger partial charge is 0.497 e. The summed E-state index contributed by atoms with van der Waals surface area (Å²) in [6.07, 6.45) is 4.92. The van der Waals surface area contributed by atoms with Crippen molar-refractivity contribution in [3.63, 3.8) is 0 Å². The summed E-state index contributed by atoms with van der Waals surface area (Å²) in [6.45, 7) is 5.81. The lowest BCUT2D eigenvalue weighted by Crippen LogP contribution is -2.60. The van der Waals surface area contributed by atoms with Crippen LogP contribution in [0.25, 0.3) is 0 Å². The van der Waals surface area contributed by atoms with E-state index < -0.39 is 0 Å². The topological polar surface area (TPSA) is 50.6 Å². The Balaban J connectivity index is 1.37. The molecule has 0 aliphatic carbocycles. The van der Waals surface area contributed by atoms with Gasteiger partial charge in [0, 0.05) is 37.7 Å². The molecule has 1 aromatic heterocycles. The first-order valence-corrected chi connectivity index (χ1v) is 10.8. The summed E-state index contributed by atoms with van der Waals surface area (Å²) in [7, 11) is 1.70. The number of hydrogen-bond acceptors (Lipinski definition) is 4. The van der Waals surface area contributed by atoms with Crippen molar-refractivity contribution in [1.82, 2.24) is 19.6 Å². The molecule has 0 N–H and O–H groups in total. The van der Waals surface area contributed by atoms with Crippen molar-refractivity contribution in [3.8, 4) is 5.75 Å². The van der Waals surface area contributed by atoms with Crippen molar-refractivity contribution in [1.29, 1.82) is 0 Å². The van der Waals surface area contributed by atoms with Crippen molar-refractivity contribution in [2.24, 2.45) is 5.92 Å². The highest BCUT2D eigenvalue weighted by Crippen LogP contribution is 2.46. The lowest BCUT2D eigenvalue weighted by molar-refractivity contribution is -0.136. The van der Waals surface area contributed by atoms with Crippen LogP contribution < -0.4 is 4.74 Å². The molecule has 1 amide bonds. The lowest BCUT2D eigenvalue weighted by Gasteiger charge is -2.51. The van der Waals surface area contributed by atoms with Gasteiger partial charge in [-0.3, -0.25) is 14.4 Å². The van der Waals surface area contributed by atoms with E-state index in [0.29, 0.717) is 36.9 Å². The second-order valence-corrected chi connectivity index (χ2v) is 8.75. The number of piperidine rings is 3. The first kappa shape index (κ1) is 18.7. The van der Waals surface area contributed by atoms with Gasteiger partial charge in [0.2, 0.25) is 5.91 Å². The van der Waals surface area contributed by atoms with E-state index in [4.69, 9.17) is 4.74 Å². The summed E-state index contributed by atoms with van der Waals surface area (Å²) in [5, 5.41) is 4.43. The van der Waals surface area contributed by atoms with Crippen LogP contribution in [0.5, 0.6) is 5.75 Å². The van der Waals surface area contributed by atoms with E-state index in [1.807, 2.05) is 36.0 Å². The van der Waals surface area contributed by atoms with Crippen LogP contribution in [0.1, 0.15) is 36.4 Å². The fourth-order valence-corrected chi connectivity index (χ4v) is 5.79. The first-order chi connectivity index (χ1) is 14.1. The van der Waals surface area contributed by atoms with E-state index in [2.05, 4.69) is 27.0 Å². The first-order valence-electron chi connectivity index (χ1n) is 10.8. The SMILES string of the molecule is COc1ccc([C@H]2CN(C(=O)CCn3ccc(C)n3)[C@H]3C4CCN(CC4)[C@@H]23)cc1. The van der Waals surface area contributed by atoms with Crippen LogP contribution in [-0.2, 0) is 11.3 Å². The number of carbonyl (C=O) groups excluding carboxylic acids is 1.